The van der Waals surface area contributed by atoms with Gasteiger partial charge in [0, 0.05) is 35.1 Å². The van der Waals surface area contributed by atoms with Gasteiger partial charge < -0.3 is 9.53 Å². The third-order valence-corrected chi connectivity index (χ3v) is 1.68. The molecule has 14 heavy (non-hydrogen) atoms. The van der Waals surface area contributed by atoms with Gasteiger partial charge in [0.25, 0.3) is 0 Å². The number of rotatable bonds is 4. The van der Waals surface area contributed by atoms with E-state index < -0.39 is 0 Å². The summed E-state index contributed by atoms with van der Waals surface area (Å²) in [6, 6.07) is 6.67. The van der Waals surface area contributed by atoms with Gasteiger partial charge in [0.05, 0.1) is 13.5 Å². The molecular formula is C10H10NaO3. The van der Waals surface area contributed by atoms with E-state index in [1.54, 1.807) is 31.4 Å². The monoisotopic (exact) mass is 201 g/mol. The van der Waals surface area contributed by atoms with Gasteiger partial charge in [0.2, 0.25) is 0 Å². The van der Waals surface area contributed by atoms with Gasteiger partial charge in [-0.05, 0) is 24.3 Å². The number of aldehydes is 1. The van der Waals surface area contributed by atoms with E-state index in [9.17, 15) is 9.59 Å². The Bertz CT molecular complexity index is 306. The van der Waals surface area contributed by atoms with Crippen molar-refractivity contribution in [2.45, 2.75) is 6.42 Å². The summed E-state index contributed by atoms with van der Waals surface area (Å²) in [4.78, 5) is 21.2. The molecule has 0 unspecified atom stereocenters. The summed E-state index contributed by atoms with van der Waals surface area (Å²) in [5, 5.41) is 0. The van der Waals surface area contributed by atoms with Crippen LogP contribution in [0.3, 0.4) is 0 Å². The van der Waals surface area contributed by atoms with Crippen molar-refractivity contribution >= 4 is 41.6 Å². The summed E-state index contributed by atoms with van der Waals surface area (Å²) in [7, 11) is 1.56. The van der Waals surface area contributed by atoms with Crippen LogP contribution in [0, 0.1) is 0 Å². The number of carbonyl (C=O) groups excluding carboxylic acids is 2. The van der Waals surface area contributed by atoms with Crippen LogP contribution in [-0.2, 0) is 4.79 Å². The van der Waals surface area contributed by atoms with E-state index in [0.29, 0.717) is 17.6 Å². The van der Waals surface area contributed by atoms with Gasteiger partial charge in [-0.1, -0.05) is 0 Å². The van der Waals surface area contributed by atoms with E-state index >= 15 is 0 Å². The topological polar surface area (TPSA) is 43.4 Å². The molecule has 0 atom stereocenters. The quantitative estimate of drug-likeness (QED) is 0.317. The molecule has 0 aliphatic carbocycles. The Morgan fingerprint density at radius 2 is 1.93 bits per heavy atom. The summed E-state index contributed by atoms with van der Waals surface area (Å²) in [6.07, 6.45) is 0.541. The van der Waals surface area contributed by atoms with E-state index in [0.717, 1.165) is 0 Å². The number of ether oxygens (including phenoxy) is 1. The van der Waals surface area contributed by atoms with Crippen molar-refractivity contribution in [2.75, 3.05) is 7.11 Å². The van der Waals surface area contributed by atoms with Crippen molar-refractivity contribution in [1.82, 2.24) is 0 Å². The van der Waals surface area contributed by atoms with Gasteiger partial charge in [0.15, 0.2) is 5.78 Å². The molecule has 0 aromatic heterocycles. The molecule has 0 amide bonds. The van der Waals surface area contributed by atoms with Crippen LogP contribution in [-0.4, -0.2) is 48.7 Å². The zero-order chi connectivity index (χ0) is 9.68. The van der Waals surface area contributed by atoms with Crippen molar-refractivity contribution in [3.63, 3.8) is 0 Å². The molecule has 0 aliphatic heterocycles. The van der Waals surface area contributed by atoms with Crippen LogP contribution < -0.4 is 4.74 Å². The van der Waals surface area contributed by atoms with Crippen LogP contribution in [0.1, 0.15) is 16.8 Å². The number of hydrogen-bond donors (Lipinski definition) is 0. The number of methoxy groups -OCH3 is 1. The Balaban J connectivity index is 0.00000169. The molecular weight excluding hydrogens is 191 g/mol. The first-order chi connectivity index (χ1) is 6.27. The van der Waals surface area contributed by atoms with Crippen molar-refractivity contribution < 1.29 is 14.3 Å². The Morgan fingerprint density at radius 3 is 2.36 bits per heavy atom. The SMILES string of the molecule is COc1ccc(C(=O)CC=O)cc1.[Na]. The van der Waals surface area contributed by atoms with Gasteiger partial charge in [-0.25, -0.2) is 0 Å². The molecule has 69 valence electrons. The second kappa shape index (κ2) is 6.76. The van der Waals surface area contributed by atoms with Crippen LogP contribution in [0.15, 0.2) is 24.3 Å². The Kier molecular flexibility index (Phi) is 6.45. The predicted molar refractivity (Wildman–Crippen MR) is 53.8 cm³/mol. The molecule has 1 aromatic rings. The molecule has 0 saturated carbocycles. The van der Waals surface area contributed by atoms with Gasteiger partial charge in [-0.15, -0.1) is 0 Å². The second-order valence-corrected chi connectivity index (χ2v) is 2.52. The molecule has 0 fully saturated rings. The summed E-state index contributed by atoms with van der Waals surface area (Å²) in [5.74, 6) is 0.528. The third kappa shape index (κ3) is 3.62. The van der Waals surface area contributed by atoms with E-state index in [2.05, 4.69) is 0 Å². The van der Waals surface area contributed by atoms with Crippen LogP contribution in [0.2, 0.25) is 0 Å². The number of Topliss-reactive ketones (excluding diaryl/α,β-unsaturated/α-hetero) is 1. The van der Waals surface area contributed by atoms with E-state index in [4.69, 9.17) is 4.74 Å². The molecule has 3 nitrogen and oxygen atoms in total. The molecule has 0 heterocycles. The Morgan fingerprint density at radius 1 is 1.36 bits per heavy atom. The Labute approximate surface area is 105 Å². The minimum Gasteiger partial charge on any atom is -0.497 e. The van der Waals surface area contributed by atoms with Gasteiger partial charge in [0.1, 0.15) is 12.0 Å². The number of hydrogen-bond acceptors (Lipinski definition) is 3. The molecule has 0 N–H and O–H groups in total. The molecule has 4 heteroatoms. The largest absolute Gasteiger partial charge is 0.497 e. The smallest absolute Gasteiger partial charge is 0.169 e. The summed E-state index contributed by atoms with van der Waals surface area (Å²) in [6.45, 7) is 0. The van der Waals surface area contributed by atoms with Crippen LogP contribution >= 0.6 is 0 Å². The van der Waals surface area contributed by atoms with E-state index in [1.807, 2.05) is 0 Å². The van der Waals surface area contributed by atoms with Gasteiger partial charge in [-0.2, -0.15) is 0 Å². The van der Waals surface area contributed by atoms with Crippen LogP contribution in [0.25, 0.3) is 0 Å². The predicted octanol–water partition coefficient (Wildman–Crippen LogP) is 1.09. The third-order valence-electron chi connectivity index (χ3n) is 1.68. The zero-order valence-electron chi connectivity index (χ0n) is 8.32. The van der Waals surface area contributed by atoms with Crippen molar-refractivity contribution in [3.8, 4) is 5.75 Å². The summed E-state index contributed by atoms with van der Waals surface area (Å²) >= 11 is 0. The normalized spacial score (nSPS) is 8.64. The maximum atomic E-state index is 11.2. The zero-order valence-corrected chi connectivity index (χ0v) is 10.3. The molecule has 1 radical (unpaired) electrons. The molecule has 1 aromatic carbocycles. The maximum Gasteiger partial charge on any atom is 0.169 e. The van der Waals surface area contributed by atoms with Crippen molar-refractivity contribution in [2.24, 2.45) is 0 Å². The van der Waals surface area contributed by atoms with Crippen molar-refractivity contribution in [3.05, 3.63) is 29.8 Å². The summed E-state index contributed by atoms with van der Waals surface area (Å²) < 4.78 is 4.93. The van der Waals surface area contributed by atoms with Gasteiger partial charge in [-0.3, -0.25) is 4.79 Å². The average Bonchev–Trinajstić information content (AvgIpc) is 2.18. The standard InChI is InChI=1S/C10H10O3.Na/c1-13-9-4-2-8(3-5-9)10(12)6-7-11;/h2-5,7H,6H2,1H3;. The van der Waals surface area contributed by atoms with E-state index in [1.165, 1.54) is 0 Å². The number of ketones is 1. The van der Waals surface area contributed by atoms with Crippen LogP contribution in [0.4, 0.5) is 0 Å². The molecule has 0 aliphatic rings. The fourth-order valence-electron chi connectivity index (χ4n) is 0.970. The first-order valence-corrected chi connectivity index (χ1v) is 3.89. The maximum absolute atomic E-state index is 11.2. The minimum absolute atomic E-state index is 0. The average molecular weight is 201 g/mol. The van der Waals surface area contributed by atoms with Crippen molar-refractivity contribution in [1.29, 1.82) is 0 Å². The molecule has 0 saturated heterocycles. The minimum atomic E-state index is -0.169. The number of carbonyl (C=O) groups is 2. The molecule has 1 rings (SSSR count). The van der Waals surface area contributed by atoms with Gasteiger partial charge >= 0.3 is 0 Å². The molecule has 0 bridgehead atoms. The summed E-state index contributed by atoms with van der Waals surface area (Å²) in [5.41, 5.74) is 0.535. The first-order valence-electron chi connectivity index (χ1n) is 3.89. The number of benzene rings is 1. The fraction of sp³-hybridized carbons (Fsp3) is 0.200. The Hall–Kier alpha value is -0.640. The second-order valence-electron chi connectivity index (χ2n) is 2.52. The fourth-order valence-corrected chi connectivity index (χ4v) is 0.970. The first kappa shape index (κ1) is 13.4. The van der Waals surface area contributed by atoms with E-state index in [-0.39, 0.29) is 41.8 Å². The molecule has 0 spiro atoms. The van der Waals surface area contributed by atoms with Crippen LogP contribution in [0.5, 0.6) is 5.75 Å².